The van der Waals surface area contributed by atoms with Crippen molar-refractivity contribution in [3.63, 3.8) is 0 Å². The van der Waals surface area contributed by atoms with Crippen LogP contribution in [0.2, 0.25) is 0 Å². The summed E-state index contributed by atoms with van der Waals surface area (Å²) >= 11 is 0. The molecule has 0 spiro atoms. The highest BCUT2D eigenvalue weighted by atomic mass is 15.0. The first-order valence-corrected chi connectivity index (χ1v) is 14.2. The van der Waals surface area contributed by atoms with Crippen molar-refractivity contribution in [2.75, 3.05) is 0 Å². The molecule has 0 N–H and O–H groups in total. The normalized spacial score (nSPS) is 13.8. The number of hydrogen-bond donors (Lipinski definition) is 0. The van der Waals surface area contributed by atoms with E-state index in [9.17, 15) is 0 Å². The van der Waals surface area contributed by atoms with Crippen LogP contribution in [0.15, 0.2) is 128 Å². The Labute approximate surface area is 237 Å². The van der Waals surface area contributed by atoms with Crippen LogP contribution in [-0.2, 0) is 5.41 Å². The first kappa shape index (κ1) is 22.6. The van der Waals surface area contributed by atoms with Gasteiger partial charge in [0, 0.05) is 32.9 Å². The molecule has 5 aromatic carbocycles. The summed E-state index contributed by atoms with van der Waals surface area (Å²) in [5.74, 6) is 0. The van der Waals surface area contributed by atoms with Crippen LogP contribution in [0.4, 0.5) is 0 Å². The van der Waals surface area contributed by atoms with Crippen LogP contribution in [0.5, 0.6) is 0 Å². The molecule has 0 saturated carbocycles. The summed E-state index contributed by atoms with van der Waals surface area (Å²) in [6.45, 7) is 4.70. The predicted molar refractivity (Wildman–Crippen MR) is 170 cm³/mol. The van der Waals surface area contributed by atoms with Crippen molar-refractivity contribution in [3.05, 3.63) is 139 Å². The second-order valence-electron chi connectivity index (χ2n) is 11.7. The number of para-hydroxylation sites is 3. The Hall–Kier alpha value is -5.15. The molecule has 0 saturated heterocycles. The number of aromatic nitrogens is 3. The summed E-state index contributed by atoms with van der Waals surface area (Å²) in [7, 11) is 0. The van der Waals surface area contributed by atoms with Crippen LogP contribution >= 0.6 is 0 Å². The SMILES string of the molecule is CC1(C)c2ccccc2-c2ccc(-n3c4ccccc4c4ncc5c(c6ccccc6n5-c5ccccc5)c43)cc21. The molecule has 9 rings (SSSR count). The van der Waals surface area contributed by atoms with E-state index in [-0.39, 0.29) is 5.41 Å². The predicted octanol–water partition coefficient (Wildman–Crippen LogP) is 9.58. The Kier molecular flexibility index (Phi) is 4.39. The quantitative estimate of drug-likeness (QED) is 0.220. The van der Waals surface area contributed by atoms with Gasteiger partial charge in [-0.25, -0.2) is 0 Å². The molecule has 3 heterocycles. The number of nitrogens with zero attached hydrogens (tertiary/aromatic N) is 3. The maximum atomic E-state index is 5.16. The van der Waals surface area contributed by atoms with Gasteiger partial charge in [0.25, 0.3) is 0 Å². The molecule has 3 nitrogen and oxygen atoms in total. The number of fused-ring (bicyclic) bond motifs is 10. The minimum Gasteiger partial charge on any atom is -0.308 e. The van der Waals surface area contributed by atoms with Crippen LogP contribution < -0.4 is 0 Å². The lowest BCUT2D eigenvalue weighted by Crippen LogP contribution is -2.15. The van der Waals surface area contributed by atoms with Gasteiger partial charge < -0.3 is 9.13 Å². The number of benzene rings is 5. The molecule has 194 valence electrons. The molecule has 1 aliphatic rings. The Morgan fingerprint density at radius 2 is 1.20 bits per heavy atom. The summed E-state index contributed by atoms with van der Waals surface area (Å²) in [6, 6.07) is 43.9. The van der Waals surface area contributed by atoms with E-state index in [1.54, 1.807) is 0 Å². The third kappa shape index (κ3) is 2.90. The lowest BCUT2D eigenvalue weighted by molar-refractivity contribution is 0.660. The fourth-order valence-electron chi connectivity index (χ4n) is 7.29. The Bertz CT molecular complexity index is 2330. The molecule has 3 heteroatoms. The molecule has 0 unspecified atom stereocenters. The second kappa shape index (κ2) is 7.96. The van der Waals surface area contributed by atoms with E-state index in [0.717, 1.165) is 22.2 Å². The summed E-state index contributed by atoms with van der Waals surface area (Å²) in [4.78, 5) is 5.16. The molecule has 3 aromatic heterocycles. The first-order valence-electron chi connectivity index (χ1n) is 14.2. The van der Waals surface area contributed by atoms with Crippen molar-refractivity contribution >= 4 is 43.7 Å². The zero-order valence-corrected chi connectivity index (χ0v) is 23.0. The van der Waals surface area contributed by atoms with E-state index >= 15 is 0 Å². The summed E-state index contributed by atoms with van der Waals surface area (Å²) in [5, 5.41) is 3.63. The fraction of sp³-hybridized carbons (Fsp3) is 0.0789. The lowest BCUT2D eigenvalue weighted by atomic mass is 9.82. The number of pyridine rings is 1. The van der Waals surface area contributed by atoms with Crippen LogP contribution in [0.3, 0.4) is 0 Å². The molecule has 0 fully saturated rings. The number of hydrogen-bond acceptors (Lipinski definition) is 1. The number of rotatable bonds is 2. The van der Waals surface area contributed by atoms with E-state index in [2.05, 4.69) is 151 Å². The minimum atomic E-state index is -0.0718. The zero-order chi connectivity index (χ0) is 27.3. The fourth-order valence-corrected chi connectivity index (χ4v) is 7.29. The standard InChI is InChI=1S/C38H27N3/c1-38(2)30-17-9-6-14-26(30)27-21-20-25(22-31(27)38)41-33-19-11-8-16-29(33)36-37(41)35-28-15-7-10-18-32(28)40(34(35)23-39-36)24-12-4-3-5-13-24/h3-23H,1-2H3. The van der Waals surface area contributed by atoms with Crippen molar-refractivity contribution in [3.8, 4) is 22.5 Å². The largest absolute Gasteiger partial charge is 0.308 e. The van der Waals surface area contributed by atoms with E-state index in [4.69, 9.17) is 4.98 Å². The Morgan fingerprint density at radius 3 is 2.02 bits per heavy atom. The summed E-state index contributed by atoms with van der Waals surface area (Å²) in [6.07, 6.45) is 2.06. The highest BCUT2D eigenvalue weighted by molar-refractivity contribution is 6.24. The van der Waals surface area contributed by atoms with Gasteiger partial charge in [0.1, 0.15) is 0 Å². The van der Waals surface area contributed by atoms with Crippen molar-refractivity contribution < 1.29 is 0 Å². The molecule has 1 aliphatic carbocycles. The Balaban J connectivity index is 1.44. The average Bonchev–Trinajstić information content (AvgIpc) is 3.61. The van der Waals surface area contributed by atoms with Gasteiger partial charge in [-0.15, -0.1) is 0 Å². The third-order valence-electron chi connectivity index (χ3n) is 9.15. The van der Waals surface area contributed by atoms with Crippen molar-refractivity contribution in [1.29, 1.82) is 0 Å². The van der Waals surface area contributed by atoms with Gasteiger partial charge >= 0.3 is 0 Å². The molecule has 8 aromatic rings. The zero-order valence-electron chi connectivity index (χ0n) is 23.0. The van der Waals surface area contributed by atoms with Crippen molar-refractivity contribution in [2.45, 2.75) is 19.3 Å². The summed E-state index contributed by atoms with van der Waals surface area (Å²) < 4.78 is 4.79. The van der Waals surface area contributed by atoms with Gasteiger partial charge in [-0.2, -0.15) is 0 Å². The van der Waals surface area contributed by atoms with Crippen LogP contribution in [0, 0.1) is 0 Å². The molecular formula is C38H27N3. The molecule has 0 aliphatic heterocycles. The first-order chi connectivity index (χ1) is 20.1. The monoisotopic (exact) mass is 525 g/mol. The van der Waals surface area contributed by atoms with Gasteiger partial charge in [0.05, 0.1) is 33.8 Å². The Morgan fingerprint density at radius 1 is 0.537 bits per heavy atom. The molecule has 0 atom stereocenters. The lowest BCUT2D eigenvalue weighted by Gasteiger charge is -2.22. The van der Waals surface area contributed by atoms with Crippen LogP contribution in [0.1, 0.15) is 25.0 Å². The summed E-state index contributed by atoms with van der Waals surface area (Å²) in [5.41, 5.74) is 13.3. The van der Waals surface area contributed by atoms with E-state index < -0.39 is 0 Å². The van der Waals surface area contributed by atoms with Crippen molar-refractivity contribution in [1.82, 2.24) is 14.1 Å². The van der Waals surface area contributed by atoms with Gasteiger partial charge in [-0.1, -0.05) is 98.8 Å². The topological polar surface area (TPSA) is 22.8 Å². The van der Waals surface area contributed by atoms with Gasteiger partial charge in [0.15, 0.2) is 0 Å². The third-order valence-corrected chi connectivity index (χ3v) is 9.15. The molecule has 0 bridgehead atoms. The van der Waals surface area contributed by atoms with Gasteiger partial charge in [0.2, 0.25) is 0 Å². The average molecular weight is 526 g/mol. The maximum Gasteiger partial charge on any atom is 0.0971 e. The van der Waals surface area contributed by atoms with Crippen LogP contribution in [0.25, 0.3) is 66.2 Å². The molecular weight excluding hydrogens is 498 g/mol. The van der Waals surface area contributed by atoms with E-state index in [0.29, 0.717) is 0 Å². The molecule has 0 radical (unpaired) electrons. The highest BCUT2D eigenvalue weighted by Crippen LogP contribution is 2.49. The highest BCUT2D eigenvalue weighted by Gasteiger charge is 2.35. The van der Waals surface area contributed by atoms with E-state index in [1.807, 2.05) is 0 Å². The van der Waals surface area contributed by atoms with Crippen molar-refractivity contribution in [2.24, 2.45) is 0 Å². The molecule has 41 heavy (non-hydrogen) atoms. The van der Waals surface area contributed by atoms with Gasteiger partial charge in [-0.05, 0) is 58.7 Å². The van der Waals surface area contributed by atoms with Gasteiger partial charge in [-0.3, -0.25) is 4.98 Å². The van der Waals surface area contributed by atoms with E-state index in [1.165, 1.54) is 55.1 Å². The second-order valence-corrected chi connectivity index (χ2v) is 11.7. The smallest absolute Gasteiger partial charge is 0.0971 e. The van der Waals surface area contributed by atoms with Crippen LogP contribution in [-0.4, -0.2) is 14.1 Å². The molecule has 0 amide bonds. The maximum absolute atomic E-state index is 5.16. The minimum absolute atomic E-state index is 0.0718.